The molecule has 1 aromatic heterocycles. The molecule has 1 fully saturated rings. The summed E-state index contributed by atoms with van der Waals surface area (Å²) in [5.74, 6) is 1.73. The van der Waals surface area contributed by atoms with Crippen molar-refractivity contribution in [3.05, 3.63) is 5.56 Å². The Morgan fingerprint density at radius 2 is 2.29 bits per heavy atom. The average molecular weight is 233 g/mol. The van der Waals surface area contributed by atoms with Gasteiger partial charge in [0, 0.05) is 12.6 Å². The molecule has 1 aliphatic carbocycles. The van der Waals surface area contributed by atoms with E-state index in [4.69, 9.17) is 11.0 Å². The predicted octanol–water partition coefficient (Wildman–Crippen LogP) is 1.96. The normalized spacial score (nSPS) is 14.9. The SMILES string of the molecule is CC(C)CCn1nc(NC2CC2)c(C#N)c1N. The number of nitrogen functional groups attached to an aromatic ring is 1. The molecule has 0 amide bonds. The molecule has 3 N–H and O–H groups in total. The van der Waals surface area contributed by atoms with Crippen molar-refractivity contribution in [1.82, 2.24) is 9.78 Å². The molecule has 0 bridgehead atoms. The first-order valence-corrected chi connectivity index (χ1v) is 6.14. The summed E-state index contributed by atoms with van der Waals surface area (Å²) >= 11 is 0. The number of hydrogen-bond acceptors (Lipinski definition) is 4. The van der Waals surface area contributed by atoms with Gasteiger partial charge in [-0.05, 0) is 25.2 Å². The van der Waals surface area contributed by atoms with Crippen LogP contribution in [0.4, 0.5) is 11.6 Å². The van der Waals surface area contributed by atoms with Crippen LogP contribution in [-0.2, 0) is 6.54 Å². The molecule has 0 radical (unpaired) electrons. The predicted molar refractivity (Wildman–Crippen MR) is 67.5 cm³/mol. The zero-order valence-electron chi connectivity index (χ0n) is 10.4. The summed E-state index contributed by atoms with van der Waals surface area (Å²) in [7, 11) is 0. The lowest BCUT2D eigenvalue weighted by atomic mass is 10.1. The lowest BCUT2D eigenvalue weighted by Crippen LogP contribution is -2.07. The first-order chi connectivity index (χ1) is 8.11. The first-order valence-electron chi connectivity index (χ1n) is 6.14. The van der Waals surface area contributed by atoms with Crippen LogP contribution in [0.25, 0.3) is 0 Å². The number of nitrogens with two attached hydrogens (primary N) is 1. The third-order valence-corrected chi connectivity index (χ3v) is 2.94. The van der Waals surface area contributed by atoms with Gasteiger partial charge >= 0.3 is 0 Å². The van der Waals surface area contributed by atoms with Crippen LogP contribution in [0.1, 0.15) is 38.7 Å². The highest BCUT2D eigenvalue weighted by Crippen LogP contribution is 2.28. The maximum Gasteiger partial charge on any atom is 0.168 e. The minimum absolute atomic E-state index is 0.481. The highest BCUT2D eigenvalue weighted by Gasteiger charge is 2.25. The molecule has 5 nitrogen and oxygen atoms in total. The van der Waals surface area contributed by atoms with Crippen LogP contribution in [-0.4, -0.2) is 15.8 Å². The third kappa shape index (κ3) is 2.70. The molecular weight excluding hydrogens is 214 g/mol. The van der Waals surface area contributed by atoms with Crippen molar-refractivity contribution in [3.63, 3.8) is 0 Å². The summed E-state index contributed by atoms with van der Waals surface area (Å²) in [6, 6.07) is 2.62. The van der Waals surface area contributed by atoms with E-state index in [0.29, 0.717) is 29.2 Å². The van der Waals surface area contributed by atoms with Gasteiger partial charge in [0.05, 0.1) is 0 Å². The first kappa shape index (κ1) is 11.8. The summed E-state index contributed by atoms with van der Waals surface area (Å²) in [5.41, 5.74) is 6.42. The number of anilines is 2. The Morgan fingerprint density at radius 1 is 1.59 bits per heavy atom. The van der Waals surface area contributed by atoms with Gasteiger partial charge < -0.3 is 11.1 Å². The zero-order valence-corrected chi connectivity index (χ0v) is 10.4. The van der Waals surface area contributed by atoms with Crippen LogP contribution in [0.2, 0.25) is 0 Å². The largest absolute Gasteiger partial charge is 0.383 e. The number of nitriles is 1. The van der Waals surface area contributed by atoms with E-state index in [1.165, 1.54) is 0 Å². The highest BCUT2D eigenvalue weighted by molar-refractivity contribution is 5.64. The van der Waals surface area contributed by atoms with E-state index in [1.807, 2.05) is 0 Å². The Bertz CT molecular complexity index is 436. The molecule has 1 saturated carbocycles. The topological polar surface area (TPSA) is 79.7 Å². The molecule has 2 rings (SSSR count). The molecule has 0 spiro atoms. The second kappa shape index (κ2) is 4.66. The average Bonchev–Trinajstić information content (AvgIpc) is 3.02. The molecule has 1 heterocycles. The fourth-order valence-corrected chi connectivity index (χ4v) is 1.66. The van der Waals surface area contributed by atoms with E-state index in [2.05, 4.69) is 30.3 Å². The van der Waals surface area contributed by atoms with Crippen LogP contribution in [0.3, 0.4) is 0 Å². The van der Waals surface area contributed by atoms with Gasteiger partial charge in [0.25, 0.3) is 0 Å². The van der Waals surface area contributed by atoms with Crippen LogP contribution < -0.4 is 11.1 Å². The zero-order chi connectivity index (χ0) is 12.4. The van der Waals surface area contributed by atoms with Gasteiger partial charge in [0.2, 0.25) is 0 Å². The molecule has 0 unspecified atom stereocenters. The van der Waals surface area contributed by atoms with Crippen molar-refractivity contribution < 1.29 is 0 Å². The standard InChI is InChI=1S/C12H19N5/c1-8(2)5-6-17-11(14)10(7-13)12(16-17)15-9-3-4-9/h8-9H,3-6,14H2,1-2H3,(H,15,16). The molecule has 5 heteroatoms. The minimum Gasteiger partial charge on any atom is -0.383 e. The van der Waals surface area contributed by atoms with Gasteiger partial charge in [-0.15, -0.1) is 0 Å². The smallest absolute Gasteiger partial charge is 0.168 e. The maximum absolute atomic E-state index is 9.10. The summed E-state index contributed by atoms with van der Waals surface area (Å²) in [6.45, 7) is 5.09. The Kier molecular flexibility index (Phi) is 3.23. The van der Waals surface area contributed by atoms with Gasteiger partial charge in [-0.2, -0.15) is 10.4 Å². The minimum atomic E-state index is 0.481. The number of aryl methyl sites for hydroxylation is 1. The Labute approximate surface area is 102 Å². The lowest BCUT2D eigenvalue weighted by Gasteiger charge is -2.05. The van der Waals surface area contributed by atoms with E-state index >= 15 is 0 Å². The summed E-state index contributed by atoms with van der Waals surface area (Å²) in [6.07, 6.45) is 3.33. The summed E-state index contributed by atoms with van der Waals surface area (Å²) < 4.78 is 1.74. The van der Waals surface area contributed by atoms with Crippen LogP contribution in [0.5, 0.6) is 0 Å². The number of aromatic nitrogens is 2. The number of nitrogens with zero attached hydrogens (tertiary/aromatic N) is 3. The van der Waals surface area contributed by atoms with E-state index in [1.54, 1.807) is 4.68 Å². The van der Waals surface area contributed by atoms with Crippen molar-refractivity contribution in [1.29, 1.82) is 5.26 Å². The number of rotatable bonds is 5. The fraction of sp³-hybridized carbons (Fsp3) is 0.667. The third-order valence-electron chi connectivity index (χ3n) is 2.94. The van der Waals surface area contributed by atoms with Gasteiger partial charge in [-0.3, -0.25) is 0 Å². The Morgan fingerprint density at radius 3 is 2.82 bits per heavy atom. The second-order valence-electron chi connectivity index (χ2n) is 5.04. The second-order valence-corrected chi connectivity index (χ2v) is 5.04. The van der Waals surface area contributed by atoms with Crippen molar-refractivity contribution in [2.24, 2.45) is 5.92 Å². The van der Waals surface area contributed by atoms with Gasteiger partial charge in [-0.25, -0.2) is 4.68 Å². The van der Waals surface area contributed by atoms with Crippen molar-refractivity contribution >= 4 is 11.6 Å². The Balaban J connectivity index is 2.15. The van der Waals surface area contributed by atoms with Gasteiger partial charge in [0.1, 0.15) is 17.5 Å². The van der Waals surface area contributed by atoms with Gasteiger partial charge in [0.15, 0.2) is 5.82 Å². The van der Waals surface area contributed by atoms with Crippen LogP contribution in [0, 0.1) is 17.2 Å². The number of nitrogens with one attached hydrogen (secondary N) is 1. The summed E-state index contributed by atoms with van der Waals surface area (Å²) in [4.78, 5) is 0. The number of hydrogen-bond donors (Lipinski definition) is 2. The molecule has 0 atom stereocenters. The molecular formula is C12H19N5. The van der Waals surface area contributed by atoms with E-state index in [-0.39, 0.29) is 0 Å². The maximum atomic E-state index is 9.10. The van der Waals surface area contributed by atoms with E-state index in [0.717, 1.165) is 25.8 Å². The van der Waals surface area contributed by atoms with E-state index in [9.17, 15) is 0 Å². The molecule has 92 valence electrons. The van der Waals surface area contributed by atoms with Crippen molar-refractivity contribution in [2.75, 3.05) is 11.1 Å². The molecule has 0 saturated heterocycles. The van der Waals surface area contributed by atoms with Crippen molar-refractivity contribution in [3.8, 4) is 6.07 Å². The quantitative estimate of drug-likeness (QED) is 0.814. The van der Waals surface area contributed by atoms with E-state index < -0.39 is 0 Å². The monoisotopic (exact) mass is 233 g/mol. The van der Waals surface area contributed by atoms with Crippen LogP contribution >= 0.6 is 0 Å². The lowest BCUT2D eigenvalue weighted by molar-refractivity contribution is 0.492. The fourth-order valence-electron chi connectivity index (χ4n) is 1.66. The molecule has 1 aliphatic rings. The highest BCUT2D eigenvalue weighted by atomic mass is 15.3. The van der Waals surface area contributed by atoms with Gasteiger partial charge in [-0.1, -0.05) is 13.8 Å². The molecule has 0 aliphatic heterocycles. The Hall–Kier alpha value is -1.70. The van der Waals surface area contributed by atoms with Crippen molar-refractivity contribution in [2.45, 2.75) is 45.7 Å². The molecule has 0 aromatic carbocycles. The van der Waals surface area contributed by atoms with Crippen LogP contribution in [0.15, 0.2) is 0 Å². The molecule has 17 heavy (non-hydrogen) atoms. The molecule has 1 aromatic rings. The summed E-state index contributed by atoms with van der Waals surface area (Å²) in [5, 5.41) is 16.7.